The molecule has 4 rings (SSSR count). The van der Waals surface area contributed by atoms with Gasteiger partial charge in [-0.25, -0.2) is 9.37 Å². The van der Waals surface area contributed by atoms with Crippen molar-refractivity contribution in [2.24, 2.45) is 12.8 Å². The maximum absolute atomic E-state index is 14.5. The number of amides is 1. The molecule has 186 valence electrons. The molecule has 3 aromatic rings. The number of imidazole rings is 1. The average Bonchev–Trinajstić information content (AvgIpc) is 3.22. The number of methoxy groups -OCH3 is 1. The van der Waals surface area contributed by atoms with Crippen LogP contribution < -0.4 is 15.8 Å². The minimum atomic E-state index is -1.29. The molecule has 1 unspecified atom stereocenters. The first-order chi connectivity index (χ1) is 16.7. The van der Waals surface area contributed by atoms with Crippen LogP contribution in [0.25, 0.3) is 11.3 Å². The summed E-state index contributed by atoms with van der Waals surface area (Å²) in [6.45, 7) is 1.16. The number of carbonyl (C=O) groups is 1. The highest BCUT2D eigenvalue weighted by Crippen LogP contribution is 2.31. The summed E-state index contributed by atoms with van der Waals surface area (Å²) in [7, 11) is 2.82. The average molecular weight is 506 g/mol. The molecule has 1 saturated heterocycles. The number of carbonyl (C=O) groups excluding carboxylic acids is 1. The second kappa shape index (κ2) is 10.2. The lowest BCUT2D eigenvalue weighted by atomic mass is 10.0. The van der Waals surface area contributed by atoms with Gasteiger partial charge in [0, 0.05) is 37.4 Å². The summed E-state index contributed by atoms with van der Waals surface area (Å²) in [6, 6.07) is 7.56. The van der Waals surface area contributed by atoms with Gasteiger partial charge >= 0.3 is 0 Å². The highest BCUT2D eigenvalue weighted by atomic mass is 35.5. The van der Waals surface area contributed by atoms with Crippen LogP contribution in [0.1, 0.15) is 35.3 Å². The number of hydrogen-bond donors (Lipinski definition) is 3. The van der Waals surface area contributed by atoms with E-state index in [1.165, 1.54) is 36.1 Å². The Morgan fingerprint density at radius 1 is 1.26 bits per heavy atom. The molecule has 1 fully saturated rings. The molecule has 0 spiro atoms. The van der Waals surface area contributed by atoms with Crippen molar-refractivity contribution in [3.05, 3.63) is 64.6 Å². The van der Waals surface area contributed by atoms with Crippen molar-refractivity contribution >= 4 is 23.2 Å². The van der Waals surface area contributed by atoms with Gasteiger partial charge in [-0.05, 0) is 43.2 Å². The summed E-state index contributed by atoms with van der Waals surface area (Å²) in [5, 5.41) is 13.8. The van der Waals surface area contributed by atoms with Crippen LogP contribution in [0.15, 0.2) is 36.5 Å². The fourth-order valence-corrected chi connectivity index (χ4v) is 4.35. The number of hydrogen-bond acceptors (Lipinski definition) is 6. The number of anilines is 1. The minimum Gasteiger partial charge on any atom is -0.494 e. The fraction of sp³-hybridized carbons (Fsp3) is 0.333. The van der Waals surface area contributed by atoms with Gasteiger partial charge in [-0.15, -0.1) is 0 Å². The molecule has 0 saturated carbocycles. The Labute approximate surface area is 206 Å². The van der Waals surface area contributed by atoms with Crippen molar-refractivity contribution in [2.75, 3.05) is 25.5 Å². The molecule has 1 atom stereocenters. The van der Waals surface area contributed by atoms with E-state index < -0.39 is 17.9 Å². The number of piperidine rings is 1. The third kappa shape index (κ3) is 4.95. The zero-order chi connectivity index (χ0) is 25.3. The van der Waals surface area contributed by atoms with Crippen LogP contribution in [-0.2, 0) is 7.05 Å². The third-order valence-electron chi connectivity index (χ3n) is 6.14. The van der Waals surface area contributed by atoms with Crippen molar-refractivity contribution in [1.29, 1.82) is 0 Å². The van der Waals surface area contributed by atoms with Crippen LogP contribution in [0.3, 0.4) is 0 Å². The highest BCUT2D eigenvalue weighted by Gasteiger charge is 2.24. The number of nitrogens with one attached hydrogen (secondary N) is 1. The summed E-state index contributed by atoms with van der Waals surface area (Å²) in [6.07, 6.45) is 1.53. The van der Waals surface area contributed by atoms with Crippen LogP contribution >= 0.6 is 11.6 Å². The number of ether oxygens (including phenoxy) is 1. The lowest BCUT2D eigenvalue weighted by Crippen LogP contribution is -2.42. The molecular formula is C24H26ClF2N5O3. The first-order valence-electron chi connectivity index (χ1n) is 11.0. The Hall–Kier alpha value is -3.21. The lowest BCUT2D eigenvalue weighted by Gasteiger charge is -2.30. The smallest absolute Gasteiger partial charge is 0.255 e. The molecule has 8 nitrogen and oxygen atoms in total. The lowest BCUT2D eigenvalue weighted by molar-refractivity contribution is 0.0715. The van der Waals surface area contributed by atoms with Gasteiger partial charge in [-0.2, -0.15) is 4.39 Å². The number of benzene rings is 2. The van der Waals surface area contributed by atoms with Crippen LogP contribution in [0.5, 0.6) is 5.75 Å². The van der Waals surface area contributed by atoms with Gasteiger partial charge in [0.15, 0.2) is 23.6 Å². The van der Waals surface area contributed by atoms with Gasteiger partial charge in [0.2, 0.25) is 5.82 Å². The van der Waals surface area contributed by atoms with Crippen LogP contribution in [0.2, 0.25) is 5.02 Å². The van der Waals surface area contributed by atoms with Crippen molar-refractivity contribution in [1.82, 2.24) is 14.5 Å². The maximum Gasteiger partial charge on any atom is 0.255 e. The second-order valence-electron chi connectivity index (χ2n) is 8.38. The van der Waals surface area contributed by atoms with Gasteiger partial charge in [0.05, 0.1) is 29.6 Å². The van der Waals surface area contributed by atoms with E-state index in [9.17, 15) is 18.7 Å². The molecule has 0 aliphatic carbocycles. The molecule has 1 aliphatic rings. The van der Waals surface area contributed by atoms with Gasteiger partial charge < -0.3 is 30.4 Å². The van der Waals surface area contributed by atoms with Gasteiger partial charge in [-0.1, -0.05) is 11.6 Å². The standard InChI is InChI=1S/C24H26ClF2N5O3/c1-31-18(16-5-6-19(35-2)21(27)20(16)26)12-29-22(31)23(33)30-14-3-4-15(17(25)11-14)24(34)32-9-7-13(28)8-10-32/h3-6,11-13,23,30,33H,7-10,28H2,1-2H3. The van der Waals surface area contributed by atoms with Crippen LogP contribution in [-0.4, -0.2) is 51.7 Å². The molecule has 0 bridgehead atoms. The molecular weight excluding hydrogens is 480 g/mol. The molecule has 1 aliphatic heterocycles. The topological polar surface area (TPSA) is 106 Å². The normalized spacial score (nSPS) is 15.2. The first-order valence-corrected chi connectivity index (χ1v) is 11.4. The van der Waals surface area contributed by atoms with E-state index >= 15 is 0 Å². The van der Waals surface area contributed by atoms with Crippen molar-refractivity contribution in [3.63, 3.8) is 0 Å². The number of nitrogens with zero attached hydrogens (tertiary/aromatic N) is 3. The summed E-state index contributed by atoms with van der Waals surface area (Å²) in [5.74, 6) is -2.40. The summed E-state index contributed by atoms with van der Waals surface area (Å²) >= 11 is 6.37. The highest BCUT2D eigenvalue weighted by molar-refractivity contribution is 6.34. The fourth-order valence-electron chi connectivity index (χ4n) is 4.09. The Kier molecular flexibility index (Phi) is 7.25. The van der Waals surface area contributed by atoms with E-state index in [-0.39, 0.29) is 39.8 Å². The Morgan fingerprint density at radius 2 is 1.97 bits per heavy atom. The summed E-state index contributed by atoms with van der Waals surface area (Å²) in [5.41, 5.74) is 6.95. The number of rotatable bonds is 6. The predicted octanol–water partition coefficient (Wildman–Crippen LogP) is 3.69. The van der Waals surface area contributed by atoms with Crippen LogP contribution in [0.4, 0.5) is 14.5 Å². The van der Waals surface area contributed by atoms with Crippen molar-refractivity contribution < 1.29 is 23.4 Å². The van der Waals surface area contributed by atoms with Crippen molar-refractivity contribution in [3.8, 4) is 17.0 Å². The molecule has 4 N–H and O–H groups in total. The van der Waals surface area contributed by atoms with E-state index in [2.05, 4.69) is 10.3 Å². The predicted molar refractivity (Wildman–Crippen MR) is 128 cm³/mol. The monoisotopic (exact) mass is 505 g/mol. The van der Waals surface area contributed by atoms with Gasteiger partial charge in [0.25, 0.3) is 5.91 Å². The maximum atomic E-state index is 14.5. The van der Waals surface area contributed by atoms with E-state index in [1.54, 1.807) is 24.1 Å². The Bertz CT molecular complexity index is 1240. The number of aliphatic hydroxyl groups is 1. The molecule has 11 heteroatoms. The van der Waals surface area contributed by atoms with Gasteiger partial charge in [0.1, 0.15) is 0 Å². The second-order valence-corrected chi connectivity index (χ2v) is 8.78. The number of aliphatic hydroxyl groups excluding tert-OH is 1. The number of likely N-dealkylation sites (tertiary alicyclic amines) is 1. The first kappa shape index (κ1) is 24.9. The SMILES string of the molecule is COc1ccc(-c2cnc(C(O)Nc3ccc(C(=O)N4CCC(N)CC4)c(Cl)c3)n2C)c(F)c1F. The molecule has 2 heterocycles. The van der Waals surface area contributed by atoms with E-state index in [4.69, 9.17) is 22.1 Å². The molecule has 1 aromatic heterocycles. The quantitative estimate of drug-likeness (QED) is 0.441. The van der Waals surface area contributed by atoms with E-state index in [0.29, 0.717) is 24.3 Å². The Morgan fingerprint density at radius 3 is 2.63 bits per heavy atom. The number of aromatic nitrogens is 2. The zero-order valence-corrected chi connectivity index (χ0v) is 20.0. The van der Waals surface area contributed by atoms with Crippen LogP contribution in [0, 0.1) is 11.6 Å². The van der Waals surface area contributed by atoms with E-state index in [0.717, 1.165) is 12.8 Å². The van der Waals surface area contributed by atoms with E-state index in [1.807, 2.05) is 0 Å². The number of halogens is 3. The Balaban J connectivity index is 1.50. The molecule has 2 aromatic carbocycles. The van der Waals surface area contributed by atoms with Gasteiger partial charge in [-0.3, -0.25) is 4.79 Å². The molecule has 35 heavy (non-hydrogen) atoms. The molecule has 1 amide bonds. The number of nitrogens with two attached hydrogens (primary N) is 1. The zero-order valence-electron chi connectivity index (χ0n) is 19.3. The summed E-state index contributed by atoms with van der Waals surface area (Å²) < 4.78 is 35.0. The van der Waals surface area contributed by atoms with Crippen molar-refractivity contribution in [2.45, 2.75) is 25.1 Å². The summed E-state index contributed by atoms with van der Waals surface area (Å²) in [4.78, 5) is 18.7. The largest absolute Gasteiger partial charge is 0.494 e. The third-order valence-corrected chi connectivity index (χ3v) is 6.45. The molecule has 0 radical (unpaired) electrons. The minimum absolute atomic E-state index is 0.0265.